The lowest BCUT2D eigenvalue weighted by molar-refractivity contribution is -0.137. The van der Waals surface area contributed by atoms with Gasteiger partial charge in [-0.15, -0.1) is 0 Å². The van der Waals surface area contributed by atoms with Crippen molar-refractivity contribution in [3.63, 3.8) is 0 Å². The number of halogens is 3. The Kier molecular flexibility index (Phi) is 8.29. The van der Waals surface area contributed by atoms with Gasteiger partial charge in [0.05, 0.1) is 11.7 Å². The Bertz CT molecular complexity index is 1290. The summed E-state index contributed by atoms with van der Waals surface area (Å²) in [5.41, 5.74) is 5.03. The number of aliphatic hydroxyl groups is 1. The first-order valence-electron chi connectivity index (χ1n) is 14.6. The van der Waals surface area contributed by atoms with Gasteiger partial charge in [-0.2, -0.15) is 13.2 Å². The zero-order valence-electron chi connectivity index (χ0n) is 25.6. The molecule has 0 bridgehead atoms. The highest BCUT2D eigenvalue weighted by atomic mass is 28.4. The predicted octanol–water partition coefficient (Wildman–Crippen LogP) is 9.91. The van der Waals surface area contributed by atoms with E-state index in [1.165, 1.54) is 6.07 Å². The van der Waals surface area contributed by atoms with Crippen LogP contribution >= 0.6 is 0 Å². The van der Waals surface area contributed by atoms with Crippen LogP contribution in [-0.2, 0) is 17.0 Å². The van der Waals surface area contributed by atoms with Crippen molar-refractivity contribution in [2.24, 2.45) is 5.41 Å². The van der Waals surface area contributed by atoms with Crippen molar-refractivity contribution >= 4 is 13.9 Å². The fourth-order valence-corrected chi connectivity index (χ4v) is 7.21. The van der Waals surface area contributed by atoms with Gasteiger partial charge in [0.1, 0.15) is 6.10 Å². The first-order chi connectivity index (χ1) is 18.3. The lowest BCUT2D eigenvalue weighted by Crippen LogP contribution is -2.44. The first-order valence-corrected chi connectivity index (χ1v) is 17.5. The standard InChI is InChI=1S/C33H46F3NO2Si/c1-20(2)29-28(30(38)22-15-12-16-23(17-22)33(34,35)36)26(21-13-10-11-14-21)27-24(37-29)18-32(6,7)19-25(27)39-40(8,9)31(3,4)5/h12-13,15-17,20,25,30,38H,10-11,14,18-19H2,1-9H3/t25-,30?/m1/s1. The molecule has 7 heteroatoms. The van der Waals surface area contributed by atoms with Gasteiger partial charge in [0.25, 0.3) is 0 Å². The summed E-state index contributed by atoms with van der Waals surface area (Å²) in [6.07, 6.45) is 0.764. The van der Waals surface area contributed by atoms with E-state index in [2.05, 4.69) is 53.8 Å². The molecule has 2 aliphatic carbocycles. The topological polar surface area (TPSA) is 42.4 Å². The number of hydrogen-bond acceptors (Lipinski definition) is 3. The average molecular weight is 574 g/mol. The van der Waals surface area contributed by atoms with E-state index in [0.717, 1.165) is 72.3 Å². The molecule has 1 aromatic carbocycles. The molecule has 1 unspecified atom stereocenters. The molecule has 220 valence electrons. The van der Waals surface area contributed by atoms with Crippen LogP contribution in [0.4, 0.5) is 13.2 Å². The molecule has 0 radical (unpaired) electrons. The van der Waals surface area contributed by atoms with Gasteiger partial charge in [0, 0.05) is 22.5 Å². The number of pyridine rings is 1. The Balaban J connectivity index is 2.02. The van der Waals surface area contributed by atoms with Crippen molar-refractivity contribution in [1.82, 2.24) is 4.98 Å². The van der Waals surface area contributed by atoms with E-state index in [9.17, 15) is 18.3 Å². The van der Waals surface area contributed by atoms with E-state index >= 15 is 0 Å². The number of nitrogens with zero attached hydrogens (tertiary/aromatic N) is 1. The molecule has 0 fully saturated rings. The Hall–Kier alpha value is -1.96. The molecule has 2 aliphatic rings. The molecule has 0 saturated carbocycles. The number of alkyl halides is 3. The van der Waals surface area contributed by atoms with E-state index < -0.39 is 26.2 Å². The van der Waals surface area contributed by atoms with Crippen LogP contribution in [0.3, 0.4) is 0 Å². The van der Waals surface area contributed by atoms with Crippen LogP contribution in [0.15, 0.2) is 30.3 Å². The Morgan fingerprint density at radius 3 is 2.35 bits per heavy atom. The van der Waals surface area contributed by atoms with Crippen molar-refractivity contribution in [1.29, 1.82) is 0 Å². The van der Waals surface area contributed by atoms with Gasteiger partial charge in [-0.3, -0.25) is 4.98 Å². The van der Waals surface area contributed by atoms with E-state index in [1.807, 2.05) is 13.8 Å². The Morgan fingerprint density at radius 2 is 1.80 bits per heavy atom. The zero-order valence-corrected chi connectivity index (χ0v) is 26.6. The van der Waals surface area contributed by atoms with Gasteiger partial charge in [0.15, 0.2) is 8.32 Å². The number of aromatic nitrogens is 1. The maximum Gasteiger partial charge on any atom is 0.416 e. The summed E-state index contributed by atoms with van der Waals surface area (Å²) in [5.74, 6) is -0.0219. The molecule has 1 heterocycles. The van der Waals surface area contributed by atoms with Gasteiger partial charge >= 0.3 is 6.18 Å². The van der Waals surface area contributed by atoms with Crippen LogP contribution in [0.1, 0.15) is 131 Å². The Labute approximate surface area is 239 Å². The van der Waals surface area contributed by atoms with E-state index in [0.29, 0.717) is 5.56 Å². The highest BCUT2D eigenvalue weighted by Crippen LogP contribution is 2.52. The zero-order chi connectivity index (χ0) is 29.8. The predicted molar refractivity (Wildman–Crippen MR) is 159 cm³/mol. The van der Waals surface area contributed by atoms with Crippen molar-refractivity contribution in [3.05, 3.63) is 69.5 Å². The summed E-state index contributed by atoms with van der Waals surface area (Å²) in [6, 6.07) is 5.09. The first kappa shape index (κ1) is 31.0. The molecule has 0 amide bonds. The highest BCUT2D eigenvalue weighted by Gasteiger charge is 2.45. The minimum absolute atomic E-state index is 0.00717. The third kappa shape index (κ3) is 6.12. The molecule has 0 spiro atoms. The molecular formula is C33H46F3NO2Si. The normalized spacial score (nSPS) is 20.4. The number of fused-ring (bicyclic) bond motifs is 1. The fourth-order valence-electron chi connectivity index (χ4n) is 5.94. The second-order valence-electron chi connectivity index (χ2n) is 14.4. The summed E-state index contributed by atoms with van der Waals surface area (Å²) >= 11 is 0. The molecule has 0 saturated heterocycles. The summed E-state index contributed by atoms with van der Waals surface area (Å²) in [4.78, 5) is 5.23. The third-order valence-electron chi connectivity index (χ3n) is 9.04. The minimum Gasteiger partial charge on any atom is -0.410 e. The maximum absolute atomic E-state index is 13.7. The van der Waals surface area contributed by atoms with Crippen LogP contribution in [-0.4, -0.2) is 18.4 Å². The lowest BCUT2D eigenvalue weighted by Gasteiger charge is -2.45. The number of aliphatic hydroxyl groups excluding tert-OH is 1. The minimum atomic E-state index is -4.49. The monoisotopic (exact) mass is 573 g/mol. The van der Waals surface area contributed by atoms with E-state index in [-0.39, 0.29) is 28.0 Å². The number of rotatable bonds is 6. The SMILES string of the molecule is CC(C)c1nc2c(c(C3=CCCC3)c1C(O)c1cccc(C(F)(F)F)c1)[C@H](O[Si](C)(C)C(C)(C)C)CC(C)(C)C2. The van der Waals surface area contributed by atoms with Gasteiger partial charge in [-0.25, -0.2) is 0 Å². The van der Waals surface area contributed by atoms with Gasteiger partial charge in [-0.05, 0) is 90.4 Å². The highest BCUT2D eigenvalue weighted by molar-refractivity contribution is 6.74. The average Bonchev–Trinajstić information content (AvgIpc) is 3.35. The van der Waals surface area contributed by atoms with Crippen molar-refractivity contribution in [3.8, 4) is 0 Å². The smallest absolute Gasteiger partial charge is 0.410 e. The van der Waals surface area contributed by atoms with Gasteiger partial charge in [-0.1, -0.05) is 66.7 Å². The van der Waals surface area contributed by atoms with Crippen LogP contribution in [0.25, 0.3) is 5.57 Å². The molecule has 0 aliphatic heterocycles. The molecule has 1 N–H and O–H groups in total. The largest absolute Gasteiger partial charge is 0.416 e. The van der Waals surface area contributed by atoms with Crippen LogP contribution < -0.4 is 0 Å². The van der Waals surface area contributed by atoms with Crippen LogP contribution in [0.2, 0.25) is 18.1 Å². The molecule has 1 aromatic heterocycles. The number of benzene rings is 1. The number of hydrogen-bond donors (Lipinski definition) is 1. The van der Waals surface area contributed by atoms with Gasteiger partial charge in [0.2, 0.25) is 0 Å². The van der Waals surface area contributed by atoms with Crippen molar-refractivity contribution in [2.45, 2.75) is 123 Å². The summed E-state index contributed by atoms with van der Waals surface area (Å²) in [7, 11) is -2.19. The Morgan fingerprint density at radius 1 is 1.12 bits per heavy atom. The van der Waals surface area contributed by atoms with E-state index in [4.69, 9.17) is 9.41 Å². The van der Waals surface area contributed by atoms with Gasteiger partial charge < -0.3 is 9.53 Å². The molecule has 2 aromatic rings. The van der Waals surface area contributed by atoms with Crippen molar-refractivity contribution in [2.75, 3.05) is 0 Å². The summed E-state index contributed by atoms with van der Waals surface area (Å²) in [5, 5.41) is 11.9. The maximum atomic E-state index is 13.7. The lowest BCUT2D eigenvalue weighted by atomic mass is 9.71. The van der Waals surface area contributed by atoms with Crippen LogP contribution in [0.5, 0.6) is 0 Å². The summed E-state index contributed by atoms with van der Waals surface area (Å²) < 4.78 is 48.1. The van der Waals surface area contributed by atoms with Crippen molar-refractivity contribution < 1.29 is 22.7 Å². The third-order valence-corrected chi connectivity index (χ3v) is 13.5. The summed E-state index contributed by atoms with van der Waals surface area (Å²) in [6.45, 7) is 19.8. The fraction of sp³-hybridized carbons (Fsp3) is 0.606. The molecule has 40 heavy (non-hydrogen) atoms. The molecular weight excluding hydrogens is 527 g/mol. The quantitative estimate of drug-likeness (QED) is 0.350. The molecule has 3 nitrogen and oxygen atoms in total. The van der Waals surface area contributed by atoms with E-state index in [1.54, 1.807) is 6.07 Å². The number of allylic oxidation sites excluding steroid dienone is 2. The second kappa shape index (κ2) is 10.7. The molecule has 2 atom stereocenters. The second-order valence-corrected chi connectivity index (χ2v) is 19.1. The van der Waals surface area contributed by atoms with Crippen LogP contribution in [0, 0.1) is 5.41 Å². The molecule has 4 rings (SSSR count).